The lowest BCUT2D eigenvalue weighted by atomic mass is 10.1. The number of benzene rings is 2. The van der Waals surface area contributed by atoms with Crippen molar-refractivity contribution in [1.82, 2.24) is 0 Å². The number of aliphatic hydroxyl groups is 1. The van der Waals surface area contributed by atoms with Crippen molar-refractivity contribution in [1.29, 1.82) is 0 Å². The summed E-state index contributed by atoms with van der Waals surface area (Å²) in [6.07, 6.45) is -1.27. The molecule has 20 heavy (non-hydrogen) atoms. The number of aliphatic hydroxyl groups excluding tert-OH is 1. The average Bonchev–Trinajstić information content (AvgIpc) is 2.37. The van der Waals surface area contributed by atoms with Gasteiger partial charge in [-0.1, -0.05) is 22.0 Å². The molecule has 0 saturated carbocycles. The predicted octanol–water partition coefficient (Wildman–Crippen LogP) is 4.64. The molecule has 0 bridgehead atoms. The van der Waals surface area contributed by atoms with Crippen LogP contribution in [-0.4, -0.2) is 11.7 Å². The maximum Gasteiger partial charge on any atom is 0.132 e. The van der Waals surface area contributed by atoms with Crippen LogP contribution in [0.5, 0.6) is 0 Å². The van der Waals surface area contributed by atoms with Gasteiger partial charge < -0.3 is 10.4 Å². The summed E-state index contributed by atoms with van der Waals surface area (Å²) < 4.78 is 28.7. The first kappa shape index (κ1) is 15.4. The second-order valence-electron chi connectivity index (χ2n) is 4.16. The largest absolute Gasteiger partial charge is 0.386 e. The number of hydrogen-bond acceptors (Lipinski definition) is 2. The van der Waals surface area contributed by atoms with Crippen LogP contribution in [0.2, 0.25) is 0 Å². The molecule has 2 nitrogen and oxygen atoms in total. The fourth-order valence-corrected chi connectivity index (χ4v) is 2.96. The molecule has 2 rings (SSSR count). The molecular weight excluding hydrogens is 396 g/mol. The Hall–Kier alpha value is -0.980. The standard InChI is InChI=1S/C14H11Br2F2NO/c15-8-4-5-12(9(16)6-8)19-7-13(20)14-10(17)2-1-3-11(14)18/h1-6,13,19-20H,7H2. The van der Waals surface area contributed by atoms with Gasteiger partial charge in [0.25, 0.3) is 0 Å². The van der Waals surface area contributed by atoms with Gasteiger partial charge >= 0.3 is 0 Å². The van der Waals surface area contributed by atoms with Crippen LogP contribution < -0.4 is 5.32 Å². The number of rotatable bonds is 4. The summed E-state index contributed by atoms with van der Waals surface area (Å²) >= 11 is 6.69. The van der Waals surface area contributed by atoms with Crippen LogP contribution >= 0.6 is 31.9 Å². The van der Waals surface area contributed by atoms with Gasteiger partial charge in [0, 0.05) is 21.2 Å². The molecule has 2 aromatic rings. The third-order valence-corrected chi connectivity index (χ3v) is 3.90. The van der Waals surface area contributed by atoms with Crippen molar-refractivity contribution < 1.29 is 13.9 Å². The minimum absolute atomic E-state index is 0.00190. The van der Waals surface area contributed by atoms with Crippen LogP contribution in [0.1, 0.15) is 11.7 Å². The Morgan fingerprint density at radius 2 is 1.75 bits per heavy atom. The van der Waals surface area contributed by atoms with Crippen LogP contribution in [0.25, 0.3) is 0 Å². The molecule has 0 aliphatic rings. The molecule has 0 radical (unpaired) electrons. The topological polar surface area (TPSA) is 32.3 Å². The zero-order valence-corrected chi connectivity index (χ0v) is 13.4. The smallest absolute Gasteiger partial charge is 0.132 e. The van der Waals surface area contributed by atoms with E-state index in [1.807, 2.05) is 12.1 Å². The van der Waals surface area contributed by atoms with Crippen molar-refractivity contribution in [2.45, 2.75) is 6.10 Å². The Bertz CT molecular complexity index is 602. The van der Waals surface area contributed by atoms with E-state index in [1.165, 1.54) is 6.07 Å². The number of hydrogen-bond donors (Lipinski definition) is 2. The summed E-state index contributed by atoms with van der Waals surface area (Å²) in [4.78, 5) is 0. The molecule has 1 atom stereocenters. The number of halogens is 4. The Morgan fingerprint density at radius 3 is 2.35 bits per heavy atom. The first-order valence-corrected chi connectivity index (χ1v) is 7.38. The van der Waals surface area contributed by atoms with E-state index in [1.54, 1.807) is 6.07 Å². The predicted molar refractivity (Wildman–Crippen MR) is 81.6 cm³/mol. The molecule has 6 heteroatoms. The molecule has 0 aliphatic carbocycles. The van der Waals surface area contributed by atoms with Crippen molar-refractivity contribution in [2.75, 3.05) is 11.9 Å². The van der Waals surface area contributed by atoms with Gasteiger partial charge in [-0.2, -0.15) is 0 Å². The highest BCUT2D eigenvalue weighted by Crippen LogP contribution is 2.27. The molecule has 0 aromatic heterocycles. The second-order valence-corrected chi connectivity index (χ2v) is 5.93. The Labute approximate surface area is 132 Å². The quantitative estimate of drug-likeness (QED) is 0.775. The molecule has 0 fully saturated rings. The Balaban J connectivity index is 2.11. The molecule has 0 aliphatic heterocycles. The third kappa shape index (κ3) is 3.56. The van der Waals surface area contributed by atoms with Gasteiger partial charge in [-0.15, -0.1) is 0 Å². The molecule has 0 saturated heterocycles. The van der Waals surface area contributed by atoms with E-state index in [2.05, 4.69) is 37.2 Å². The highest BCUT2D eigenvalue weighted by molar-refractivity contribution is 9.11. The van der Waals surface area contributed by atoms with Crippen molar-refractivity contribution in [3.05, 3.63) is 62.5 Å². The summed E-state index contributed by atoms with van der Waals surface area (Å²) in [5.74, 6) is -1.51. The Morgan fingerprint density at radius 1 is 1.10 bits per heavy atom. The molecule has 0 spiro atoms. The van der Waals surface area contributed by atoms with Crippen molar-refractivity contribution in [3.63, 3.8) is 0 Å². The van der Waals surface area contributed by atoms with Crippen molar-refractivity contribution in [2.24, 2.45) is 0 Å². The number of nitrogens with one attached hydrogen (secondary N) is 1. The van der Waals surface area contributed by atoms with Gasteiger partial charge in [0.2, 0.25) is 0 Å². The minimum atomic E-state index is -1.27. The zero-order chi connectivity index (χ0) is 14.7. The minimum Gasteiger partial charge on any atom is -0.386 e. The first-order valence-electron chi connectivity index (χ1n) is 5.80. The van der Waals surface area contributed by atoms with Crippen LogP contribution in [0, 0.1) is 11.6 Å². The molecule has 106 valence electrons. The monoisotopic (exact) mass is 405 g/mol. The van der Waals surface area contributed by atoms with Gasteiger partial charge in [0.1, 0.15) is 17.7 Å². The molecule has 0 heterocycles. The maximum absolute atomic E-state index is 13.5. The average molecular weight is 407 g/mol. The fourth-order valence-electron chi connectivity index (χ4n) is 1.77. The first-order chi connectivity index (χ1) is 9.49. The summed E-state index contributed by atoms with van der Waals surface area (Å²) in [6.45, 7) is -0.00190. The van der Waals surface area contributed by atoms with Gasteiger partial charge in [0.15, 0.2) is 0 Å². The Kier molecular flexibility index (Phi) is 5.12. The van der Waals surface area contributed by atoms with Crippen LogP contribution in [0.4, 0.5) is 14.5 Å². The van der Waals surface area contributed by atoms with Gasteiger partial charge in [-0.05, 0) is 46.3 Å². The normalized spacial score (nSPS) is 12.2. The SMILES string of the molecule is OC(CNc1ccc(Br)cc1Br)c1c(F)cccc1F. The lowest BCUT2D eigenvalue weighted by Gasteiger charge is -2.15. The second kappa shape index (κ2) is 6.65. The van der Waals surface area contributed by atoms with E-state index in [-0.39, 0.29) is 12.1 Å². The van der Waals surface area contributed by atoms with Crippen molar-refractivity contribution in [3.8, 4) is 0 Å². The number of anilines is 1. The molecular formula is C14H11Br2F2NO. The summed E-state index contributed by atoms with van der Waals surface area (Å²) in [6, 6.07) is 8.95. The van der Waals surface area contributed by atoms with Crippen LogP contribution in [-0.2, 0) is 0 Å². The van der Waals surface area contributed by atoms with Crippen molar-refractivity contribution >= 4 is 37.5 Å². The summed E-state index contributed by atoms with van der Waals surface area (Å²) in [5.41, 5.74) is 0.400. The highest BCUT2D eigenvalue weighted by Gasteiger charge is 2.17. The van der Waals surface area contributed by atoms with Gasteiger partial charge in [-0.25, -0.2) is 8.78 Å². The van der Waals surface area contributed by atoms with E-state index in [0.717, 1.165) is 26.8 Å². The maximum atomic E-state index is 13.5. The highest BCUT2D eigenvalue weighted by atomic mass is 79.9. The van der Waals surface area contributed by atoms with E-state index in [0.29, 0.717) is 0 Å². The zero-order valence-electron chi connectivity index (χ0n) is 10.2. The lowest BCUT2D eigenvalue weighted by molar-refractivity contribution is 0.181. The van der Waals surface area contributed by atoms with E-state index in [4.69, 9.17) is 0 Å². The molecule has 0 amide bonds. The van der Waals surface area contributed by atoms with Gasteiger partial charge in [-0.3, -0.25) is 0 Å². The van der Waals surface area contributed by atoms with E-state index < -0.39 is 17.7 Å². The lowest BCUT2D eigenvalue weighted by Crippen LogP contribution is -2.15. The fraction of sp³-hybridized carbons (Fsp3) is 0.143. The van der Waals surface area contributed by atoms with Crippen LogP contribution in [0.15, 0.2) is 45.3 Å². The van der Waals surface area contributed by atoms with Gasteiger partial charge in [0.05, 0.1) is 5.56 Å². The molecule has 2 N–H and O–H groups in total. The molecule has 2 aromatic carbocycles. The van der Waals surface area contributed by atoms with E-state index in [9.17, 15) is 13.9 Å². The van der Waals surface area contributed by atoms with Crippen LogP contribution in [0.3, 0.4) is 0 Å². The summed E-state index contributed by atoms with van der Waals surface area (Å²) in [5, 5.41) is 12.9. The molecule has 1 unspecified atom stereocenters. The summed E-state index contributed by atoms with van der Waals surface area (Å²) in [7, 11) is 0. The van der Waals surface area contributed by atoms with E-state index >= 15 is 0 Å². The third-order valence-electron chi connectivity index (χ3n) is 2.75.